The third-order valence-corrected chi connectivity index (χ3v) is 3.40. The number of nitrogens with one attached hydrogen (secondary N) is 1. The number of ether oxygens (including phenoxy) is 1. The molecule has 6 heteroatoms. The number of hydrogen-bond donors (Lipinski definition) is 1. The normalized spacial score (nSPS) is 15.4. The highest BCUT2D eigenvalue weighted by molar-refractivity contribution is 5.63. The molecule has 1 aromatic heterocycles. The molecule has 1 aliphatic rings. The van der Waals surface area contributed by atoms with E-state index in [4.69, 9.17) is 4.74 Å². The number of morpholine rings is 1. The van der Waals surface area contributed by atoms with Gasteiger partial charge < -0.3 is 14.5 Å². The topological polar surface area (TPSA) is 57.3 Å². The molecule has 20 heavy (non-hydrogen) atoms. The maximum Gasteiger partial charge on any atom is 0.245 e. The van der Waals surface area contributed by atoms with Crippen LogP contribution in [0.3, 0.4) is 0 Å². The van der Waals surface area contributed by atoms with Crippen molar-refractivity contribution in [2.24, 2.45) is 0 Å². The van der Waals surface area contributed by atoms with Crippen LogP contribution >= 0.6 is 0 Å². The molecule has 1 fully saturated rings. The molecule has 0 atom stereocenters. The van der Waals surface area contributed by atoms with E-state index in [-0.39, 0.29) is 0 Å². The highest BCUT2D eigenvalue weighted by Crippen LogP contribution is 2.22. The molecule has 6 nitrogen and oxygen atoms in total. The van der Waals surface area contributed by atoms with E-state index >= 15 is 0 Å². The predicted octanol–water partition coefficient (Wildman–Crippen LogP) is 1.37. The third kappa shape index (κ3) is 2.60. The fourth-order valence-electron chi connectivity index (χ4n) is 2.22. The molecule has 0 spiro atoms. The lowest BCUT2D eigenvalue weighted by Crippen LogP contribution is -2.36. The van der Waals surface area contributed by atoms with Crippen molar-refractivity contribution in [3.05, 3.63) is 24.3 Å². The number of nitrogens with zero attached hydrogens (tertiary/aromatic N) is 4. The summed E-state index contributed by atoms with van der Waals surface area (Å²) >= 11 is 0. The smallest absolute Gasteiger partial charge is 0.245 e. The highest BCUT2D eigenvalue weighted by Gasteiger charge is 2.16. The lowest BCUT2D eigenvalue weighted by Gasteiger charge is -2.25. The van der Waals surface area contributed by atoms with Crippen molar-refractivity contribution in [3.63, 3.8) is 0 Å². The van der Waals surface area contributed by atoms with Crippen LogP contribution in [0.2, 0.25) is 0 Å². The molecule has 0 saturated carbocycles. The van der Waals surface area contributed by atoms with E-state index in [1.54, 1.807) is 0 Å². The summed E-state index contributed by atoms with van der Waals surface area (Å²) in [5, 5.41) is 7.33. The Hall–Kier alpha value is -2.08. The second kappa shape index (κ2) is 5.50. The van der Waals surface area contributed by atoms with Crippen LogP contribution in [0.1, 0.15) is 0 Å². The Kier molecular flexibility index (Phi) is 3.56. The lowest BCUT2D eigenvalue weighted by atomic mass is 10.2. The van der Waals surface area contributed by atoms with E-state index in [1.807, 2.05) is 26.2 Å². The van der Waals surface area contributed by atoms with Crippen molar-refractivity contribution in [1.82, 2.24) is 15.2 Å². The quantitative estimate of drug-likeness (QED) is 0.915. The Morgan fingerprint density at radius 3 is 2.80 bits per heavy atom. The summed E-state index contributed by atoms with van der Waals surface area (Å²) in [5.41, 5.74) is 2.19. The fraction of sp³-hybridized carbons (Fsp3) is 0.429. The molecule has 1 saturated heterocycles. The minimum absolute atomic E-state index is 0.736. The predicted molar refractivity (Wildman–Crippen MR) is 79.2 cm³/mol. The molecule has 0 amide bonds. The number of benzene rings is 1. The Bertz CT molecular complexity index is 574. The average molecular weight is 273 g/mol. The van der Waals surface area contributed by atoms with Crippen LogP contribution in [-0.2, 0) is 4.74 Å². The molecule has 0 unspecified atom stereocenters. The van der Waals surface area contributed by atoms with Gasteiger partial charge in [0.05, 0.1) is 13.2 Å². The van der Waals surface area contributed by atoms with Gasteiger partial charge in [0.15, 0.2) is 5.82 Å². The van der Waals surface area contributed by atoms with E-state index in [9.17, 15) is 0 Å². The van der Waals surface area contributed by atoms with Crippen molar-refractivity contribution in [2.75, 3.05) is 50.2 Å². The summed E-state index contributed by atoms with van der Waals surface area (Å²) in [6, 6.07) is 8.24. The number of aromatic amines is 1. The zero-order valence-electron chi connectivity index (χ0n) is 11.8. The Morgan fingerprint density at radius 1 is 1.25 bits per heavy atom. The maximum absolute atomic E-state index is 5.34. The monoisotopic (exact) mass is 273 g/mol. The van der Waals surface area contributed by atoms with E-state index in [1.165, 1.54) is 0 Å². The van der Waals surface area contributed by atoms with Crippen molar-refractivity contribution in [3.8, 4) is 11.4 Å². The van der Waals surface area contributed by atoms with Gasteiger partial charge in [0, 0.05) is 38.4 Å². The average Bonchev–Trinajstić information content (AvgIpc) is 2.98. The van der Waals surface area contributed by atoms with Crippen LogP contribution in [0.15, 0.2) is 24.3 Å². The molecule has 0 aliphatic carbocycles. The SMILES string of the molecule is CN(C)c1cccc(-c2nc(N3CCOCC3)n[nH]2)c1. The fourth-order valence-corrected chi connectivity index (χ4v) is 2.22. The zero-order chi connectivity index (χ0) is 13.9. The molecule has 2 heterocycles. The minimum atomic E-state index is 0.736. The van der Waals surface area contributed by atoms with Crippen LogP contribution in [0, 0.1) is 0 Å². The maximum atomic E-state index is 5.34. The van der Waals surface area contributed by atoms with Gasteiger partial charge in [-0.25, -0.2) is 0 Å². The first kappa shape index (κ1) is 12.9. The molecular formula is C14H19N5O. The summed E-state index contributed by atoms with van der Waals surface area (Å²) < 4.78 is 5.34. The van der Waals surface area contributed by atoms with Gasteiger partial charge in [-0.3, -0.25) is 5.10 Å². The minimum Gasteiger partial charge on any atom is -0.378 e. The van der Waals surface area contributed by atoms with Crippen LogP contribution in [0.5, 0.6) is 0 Å². The van der Waals surface area contributed by atoms with Crippen LogP contribution in [0.25, 0.3) is 11.4 Å². The summed E-state index contributed by atoms with van der Waals surface area (Å²) in [4.78, 5) is 8.80. The molecule has 106 valence electrons. The first-order valence-corrected chi connectivity index (χ1v) is 6.77. The number of anilines is 2. The molecule has 2 aromatic rings. The van der Waals surface area contributed by atoms with Crippen molar-refractivity contribution < 1.29 is 4.74 Å². The second-order valence-electron chi connectivity index (χ2n) is 5.03. The van der Waals surface area contributed by atoms with E-state index in [0.29, 0.717) is 0 Å². The lowest BCUT2D eigenvalue weighted by molar-refractivity contribution is 0.122. The highest BCUT2D eigenvalue weighted by atomic mass is 16.5. The van der Waals surface area contributed by atoms with E-state index < -0.39 is 0 Å². The molecular weight excluding hydrogens is 254 g/mol. The molecule has 0 radical (unpaired) electrons. The van der Waals surface area contributed by atoms with Crippen LogP contribution < -0.4 is 9.80 Å². The Labute approximate surface area is 118 Å². The van der Waals surface area contributed by atoms with E-state index in [0.717, 1.165) is 49.3 Å². The van der Waals surface area contributed by atoms with Crippen molar-refractivity contribution in [1.29, 1.82) is 0 Å². The van der Waals surface area contributed by atoms with Gasteiger partial charge in [-0.1, -0.05) is 12.1 Å². The van der Waals surface area contributed by atoms with Crippen molar-refractivity contribution in [2.45, 2.75) is 0 Å². The molecule has 0 bridgehead atoms. The van der Waals surface area contributed by atoms with Crippen LogP contribution in [0.4, 0.5) is 11.6 Å². The summed E-state index contributed by atoms with van der Waals surface area (Å²) in [7, 11) is 4.05. The summed E-state index contributed by atoms with van der Waals surface area (Å²) in [5.74, 6) is 1.55. The van der Waals surface area contributed by atoms with E-state index in [2.05, 4.69) is 37.1 Å². The first-order valence-electron chi connectivity index (χ1n) is 6.77. The van der Waals surface area contributed by atoms with Crippen molar-refractivity contribution >= 4 is 11.6 Å². The number of hydrogen-bond acceptors (Lipinski definition) is 5. The standard InChI is InChI=1S/C14H19N5O/c1-18(2)12-5-3-4-11(10-12)13-15-14(17-16-13)19-6-8-20-9-7-19/h3-5,10H,6-9H2,1-2H3,(H,15,16,17). The molecule has 1 N–H and O–H groups in total. The largest absolute Gasteiger partial charge is 0.378 e. The van der Waals surface area contributed by atoms with Gasteiger partial charge in [0.25, 0.3) is 0 Å². The molecule has 1 aromatic carbocycles. The number of H-pyrrole nitrogens is 1. The number of rotatable bonds is 3. The first-order chi connectivity index (χ1) is 9.74. The number of aromatic nitrogens is 3. The van der Waals surface area contributed by atoms with Gasteiger partial charge in [-0.2, -0.15) is 4.98 Å². The van der Waals surface area contributed by atoms with Gasteiger partial charge in [-0.15, -0.1) is 5.10 Å². The second-order valence-corrected chi connectivity index (χ2v) is 5.03. The summed E-state index contributed by atoms with van der Waals surface area (Å²) in [6.45, 7) is 3.16. The Balaban J connectivity index is 1.84. The van der Waals surface area contributed by atoms with Gasteiger partial charge in [0.2, 0.25) is 5.95 Å². The van der Waals surface area contributed by atoms with Gasteiger partial charge >= 0.3 is 0 Å². The molecule has 3 rings (SSSR count). The van der Waals surface area contributed by atoms with Gasteiger partial charge in [-0.05, 0) is 12.1 Å². The molecule has 1 aliphatic heterocycles. The zero-order valence-corrected chi connectivity index (χ0v) is 11.8. The third-order valence-electron chi connectivity index (χ3n) is 3.40. The summed E-state index contributed by atoms with van der Waals surface area (Å²) in [6.07, 6.45) is 0. The van der Waals surface area contributed by atoms with Crippen LogP contribution in [-0.4, -0.2) is 55.6 Å². The van der Waals surface area contributed by atoms with Gasteiger partial charge in [0.1, 0.15) is 0 Å². The Morgan fingerprint density at radius 2 is 2.05 bits per heavy atom.